The molecule has 2 saturated carbocycles. The van der Waals surface area contributed by atoms with Crippen LogP contribution in [0.1, 0.15) is 85.5 Å². The van der Waals surface area contributed by atoms with E-state index in [1.54, 1.807) is 5.57 Å². The third-order valence-electron chi connectivity index (χ3n) is 10.2. The number of ether oxygens (including phenoxy) is 1. The second-order valence-electron chi connectivity index (χ2n) is 13.6. The average Bonchev–Trinajstić information content (AvgIpc) is 3.81. The molecule has 5 rings (SSSR count). The lowest BCUT2D eigenvalue weighted by Crippen LogP contribution is -2.43. The lowest BCUT2D eigenvalue weighted by atomic mass is 9.86. The highest BCUT2D eigenvalue weighted by atomic mass is 32.2. The maximum atomic E-state index is 13.3. The molecule has 0 N–H and O–H groups in total. The zero-order valence-corrected chi connectivity index (χ0v) is 24.7. The Morgan fingerprint density at radius 2 is 1.86 bits per heavy atom. The van der Waals surface area contributed by atoms with Gasteiger partial charge < -0.3 is 4.74 Å². The third-order valence-corrected chi connectivity index (χ3v) is 12.6. The van der Waals surface area contributed by atoms with E-state index in [0.717, 1.165) is 77.2 Å². The zero-order chi connectivity index (χ0) is 26.2. The van der Waals surface area contributed by atoms with Crippen molar-refractivity contribution in [2.45, 2.75) is 96.8 Å². The molecule has 0 amide bonds. The standard InChI is InChI=1S/C31H52N2O3S/c1-22(2)28-6-5-13-33(21-28)37(34,35)31-18-27(31)10-7-23(3)26-12-15-36-30(17-26)16-24(4)29-11-14-32(20-29)19-25-8-9-25/h11-12,22-25,27-28,30-31H,5-10,13-21H2,1-4H3. The Kier molecular flexibility index (Phi) is 8.90. The Morgan fingerprint density at radius 3 is 2.62 bits per heavy atom. The highest BCUT2D eigenvalue weighted by molar-refractivity contribution is 7.90. The van der Waals surface area contributed by atoms with Crippen molar-refractivity contribution < 1.29 is 13.2 Å². The maximum absolute atomic E-state index is 13.3. The first-order chi connectivity index (χ1) is 17.7. The molecule has 3 fully saturated rings. The highest BCUT2D eigenvalue weighted by Gasteiger charge is 2.50. The van der Waals surface area contributed by atoms with E-state index in [1.807, 2.05) is 4.31 Å². The predicted octanol–water partition coefficient (Wildman–Crippen LogP) is 5.88. The molecule has 2 aliphatic carbocycles. The molecule has 6 atom stereocenters. The number of hydrogen-bond donors (Lipinski definition) is 0. The summed E-state index contributed by atoms with van der Waals surface area (Å²) in [5.74, 6) is 3.51. The van der Waals surface area contributed by atoms with Crippen LogP contribution >= 0.6 is 0 Å². The Morgan fingerprint density at radius 1 is 1.05 bits per heavy atom. The molecule has 3 heterocycles. The molecule has 210 valence electrons. The molecule has 6 heteroatoms. The molecule has 37 heavy (non-hydrogen) atoms. The fourth-order valence-electron chi connectivity index (χ4n) is 7.07. The fourth-order valence-corrected chi connectivity index (χ4v) is 9.35. The monoisotopic (exact) mass is 532 g/mol. The van der Waals surface area contributed by atoms with Crippen LogP contribution in [0, 0.1) is 35.5 Å². The molecule has 0 radical (unpaired) electrons. The van der Waals surface area contributed by atoms with Crippen LogP contribution < -0.4 is 0 Å². The molecule has 5 aliphatic rings. The molecular formula is C31H52N2O3S. The van der Waals surface area contributed by atoms with E-state index in [4.69, 9.17) is 4.74 Å². The van der Waals surface area contributed by atoms with Crippen LogP contribution in [-0.4, -0.2) is 68.3 Å². The largest absolute Gasteiger partial charge is 0.374 e. The maximum Gasteiger partial charge on any atom is 0.217 e. The molecular weight excluding hydrogens is 480 g/mol. The minimum absolute atomic E-state index is 0.123. The van der Waals surface area contributed by atoms with Gasteiger partial charge in [0.05, 0.1) is 18.0 Å². The van der Waals surface area contributed by atoms with Crippen molar-refractivity contribution in [3.8, 4) is 0 Å². The summed E-state index contributed by atoms with van der Waals surface area (Å²) in [5.41, 5.74) is 3.15. The first-order valence-electron chi connectivity index (χ1n) is 15.4. The van der Waals surface area contributed by atoms with Gasteiger partial charge in [-0.05, 0) is 93.3 Å². The van der Waals surface area contributed by atoms with E-state index < -0.39 is 10.0 Å². The number of piperidine rings is 1. The van der Waals surface area contributed by atoms with E-state index in [9.17, 15) is 8.42 Å². The van der Waals surface area contributed by atoms with E-state index in [0.29, 0.717) is 35.7 Å². The Balaban J connectivity index is 1.04. The van der Waals surface area contributed by atoms with Crippen LogP contribution in [0.5, 0.6) is 0 Å². The molecule has 0 bridgehead atoms. The second-order valence-corrected chi connectivity index (χ2v) is 15.7. The number of hydrogen-bond acceptors (Lipinski definition) is 4. The minimum atomic E-state index is -3.13. The second kappa shape index (κ2) is 11.8. The average molecular weight is 533 g/mol. The van der Waals surface area contributed by atoms with Crippen LogP contribution in [0.3, 0.4) is 0 Å². The lowest BCUT2D eigenvalue weighted by molar-refractivity contribution is 0.0475. The van der Waals surface area contributed by atoms with Gasteiger partial charge in [0, 0.05) is 32.7 Å². The van der Waals surface area contributed by atoms with Crippen molar-refractivity contribution in [2.75, 3.05) is 39.3 Å². The van der Waals surface area contributed by atoms with Crippen molar-refractivity contribution in [3.63, 3.8) is 0 Å². The van der Waals surface area contributed by atoms with Gasteiger partial charge in [0.1, 0.15) is 0 Å². The van der Waals surface area contributed by atoms with Crippen molar-refractivity contribution >= 4 is 10.0 Å². The molecule has 6 unspecified atom stereocenters. The summed E-state index contributed by atoms with van der Waals surface area (Å²) in [6, 6.07) is 0. The number of sulfonamides is 1. The van der Waals surface area contributed by atoms with Crippen molar-refractivity contribution in [1.82, 2.24) is 9.21 Å². The summed E-state index contributed by atoms with van der Waals surface area (Å²) in [6.45, 7) is 15.0. The first-order valence-corrected chi connectivity index (χ1v) is 16.9. The van der Waals surface area contributed by atoms with Crippen LogP contribution in [-0.2, 0) is 14.8 Å². The quantitative estimate of drug-likeness (QED) is 0.295. The van der Waals surface area contributed by atoms with Gasteiger partial charge in [0.25, 0.3) is 0 Å². The summed E-state index contributed by atoms with van der Waals surface area (Å²) in [6.07, 6.45) is 15.3. The molecule has 5 nitrogen and oxygen atoms in total. The van der Waals surface area contributed by atoms with Crippen LogP contribution in [0.25, 0.3) is 0 Å². The first kappa shape index (κ1) is 27.9. The molecule has 3 aliphatic heterocycles. The molecule has 0 aromatic heterocycles. The van der Waals surface area contributed by atoms with Gasteiger partial charge in [-0.15, -0.1) is 0 Å². The van der Waals surface area contributed by atoms with Crippen molar-refractivity contribution in [2.24, 2.45) is 35.5 Å². The Labute approximate surface area is 227 Å². The zero-order valence-electron chi connectivity index (χ0n) is 23.9. The van der Waals surface area contributed by atoms with Crippen LogP contribution in [0.4, 0.5) is 0 Å². The van der Waals surface area contributed by atoms with Crippen LogP contribution in [0.15, 0.2) is 23.3 Å². The molecule has 0 aromatic rings. The highest BCUT2D eigenvalue weighted by Crippen LogP contribution is 2.44. The molecule has 0 aromatic carbocycles. The topological polar surface area (TPSA) is 49.9 Å². The third kappa shape index (κ3) is 7.10. The molecule has 0 spiro atoms. The SMILES string of the molecule is CC(CCC1CC1S(=O)(=O)N1CCCC(C(C)C)C1)C1=CCOC(CC(C)C2=CCN(CC3CC3)C2)C1. The smallest absolute Gasteiger partial charge is 0.217 e. The minimum Gasteiger partial charge on any atom is -0.374 e. The number of nitrogens with zero attached hydrogens (tertiary/aromatic N) is 2. The Bertz CT molecular complexity index is 953. The molecule has 1 saturated heterocycles. The van der Waals surface area contributed by atoms with Gasteiger partial charge in [0.15, 0.2) is 0 Å². The van der Waals surface area contributed by atoms with Crippen LogP contribution in [0.2, 0.25) is 0 Å². The van der Waals surface area contributed by atoms with Gasteiger partial charge in [0.2, 0.25) is 10.0 Å². The summed E-state index contributed by atoms with van der Waals surface area (Å²) in [7, 11) is -3.13. The summed E-state index contributed by atoms with van der Waals surface area (Å²) in [5, 5.41) is -0.123. The van der Waals surface area contributed by atoms with Gasteiger partial charge >= 0.3 is 0 Å². The Hall–Kier alpha value is -0.690. The van der Waals surface area contributed by atoms with E-state index >= 15 is 0 Å². The summed E-state index contributed by atoms with van der Waals surface area (Å²) < 4.78 is 34.6. The summed E-state index contributed by atoms with van der Waals surface area (Å²) in [4.78, 5) is 2.62. The van der Waals surface area contributed by atoms with E-state index in [2.05, 4.69) is 44.7 Å². The predicted molar refractivity (Wildman–Crippen MR) is 152 cm³/mol. The van der Waals surface area contributed by atoms with E-state index in [-0.39, 0.29) is 5.25 Å². The number of rotatable bonds is 12. The van der Waals surface area contributed by atoms with Gasteiger partial charge in [-0.25, -0.2) is 12.7 Å². The van der Waals surface area contributed by atoms with E-state index in [1.165, 1.54) is 31.4 Å². The van der Waals surface area contributed by atoms with Crippen molar-refractivity contribution in [1.29, 1.82) is 0 Å². The van der Waals surface area contributed by atoms with Gasteiger partial charge in [-0.3, -0.25) is 4.90 Å². The summed E-state index contributed by atoms with van der Waals surface area (Å²) >= 11 is 0. The van der Waals surface area contributed by atoms with Gasteiger partial charge in [-0.2, -0.15) is 0 Å². The van der Waals surface area contributed by atoms with Crippen molar-refractivity contribution in [3.05, 3.63) is 23.3 Å². The van der Waals surface area contributed by atoms with Gasteiger partial charge in [-0.1, -0.05) is 51.0 Å². The normalized spacial score (nSPS) is 33.3. The fraction of sp³-hybridized carbons (Fsp3) is 0.871. The lowest BCUT2D eigenvalue weighted by Gasteiger charge is -2.34.